The average Bonchev–Trinajstić information content (AvgIpc) is 3.46. The van der Waals surface area contributed by atoms with E-state index in [2.05, 4.69) is 55.4 Å². The minimum Gasteiger partial charge on any atom is -0.404 e. The highest BCUT2D eigenvalue weighted by Gasteiger charge is 2.68. The maximum atomic E-state index is 13.2. The van der Waals surface area contributed by atoms with Crippen LogP contribution in [0.2, 0.25) is 0 Å². The third-order valence-corrected chi connectivity index (χ3v) is 8.72. The Kier molecular flexibility index (Phi) is 6.62. The van der Waals surface area contributed by atoms with E-state index in [0.29, 0.717) is 35.6 Å². The van der Waals surface area contributed by atoms with Crippen molar-refractivity contribution in [3.63, 3.8) is 0 Å². The van der Waals surface area contributed by atoms with E-state index in [-0.39, 0.29) is 41.4 Å². The fourth-order valence-electron chi connectivity index (χ4n) is 6.53. The molecule has 2 amide bonds. The van der Waals surface area contributed by atoms with Crippen molar-refractivity contribution in [1.29, 1.82) is 0 Å². The van der Waals surface area contributed by atoms with Crippen molar-refractivity contribution in [2.75, 3.05) is 6.54 Å². The van der Waals surface area contributed by atoms with E-state index in [1.165, 1.54) is 6.42 Å². The number of carbonyl (C=O) groups is 2. The maximum absolute atomic E-state index is 13.2. The Hall–Kier alpha value is -2.46. The predicted octanol–water partition coefficient (Wildman–Crippen LogP) is 2.75. The number of hydrogen-bond donors (Lipinski definition) is 2. The Labute approximate surface area is 213 Å². The molecular formula is C26H37BN4O5. The minimum atomic E-state index is -0.743. The molecule has 0 aromatic carbocycles. The summed E-state index contributed by atoms with van der Waals surface area (Å²) in [4.78, 5) is 34.8. The molecule has 194 valence electrons. The summed E-state index contributed by atoms with van der Waals surface area (Å²) in [6.45, 7) is 11.3. The summed E-state index contributed by atoms with van der Waals surface area (Å²) in [5, 5.41) is 9.94. The molecule has 2 aliphatic heterocycles. The van der Waals surface area contributed by atoms with Crippen LogP contribution in [0, 0.1) is 23.2 Å². The minimum absolute atomic E-state index is 0.0613. The van der Waals surface area contributed by atoms with Crippen molar-refractivity contribution in [1.82, 2.24) is 15.6 Å². The molecule has 1 unspecified atom stereocenters. The Morgan fingerprint density at radius 2 is 2.03 bits per heavy atom. The quantitative estimate of drug-likeness (QED) is 0.536. The molecule has 6 atom stereocenters. The van der Waals surface area contributed by atoms with Gasteiger partial charge in [-0.2, -0.15) is 0 Å². The zero-order valence-corrected chi connectivity index (χ0v) is 21.8. The van der Waals surface area contributed by atoms with Crippen LogP contribution >= 0.6 is 0 Å². The lowest BCUT2D eigenvalue weighted by atomic mass is 9.43. The summed E-state index contributed by atoms with van der Waals surface area (Å²) in [6, 6.07) is 5.14. The lowest BCUT2D eigenvalue weighted by Crippen LogP contribution is -2.65. The Morgan fingerprint density at radius 3 is 2.72 bits per heavy atom. The van der Waals surface area contributed by atoms with Crippen LogP contribution in [0.4, 0.5) is 0 Å². The predicted molar refractivity (Wildman–Crippen MR) is 135 cm³/mol. The van der Waals surface area contributed by atoms with Gasteiger partial charge in [0.25, 0.3) is 11.8 Å². The van der Waals surface area contributed by atoms with Crippen LogP contribution in [-0.2, 0) is 18.9 Å². The average molecular weight is 496 g/mol. The van der Waals surface area contributed by atoms with E-state index in [1.54, 1.807) is 24.4 Å². The lowest BCUT2D eigenvalue weighted by Gasteiger charge is -2.64. The molecule has 0 radical (unpaired) electrons. The van der Waals surface area contributed by atoms with Gasteiger partial charge in [-0.25, -0.2) is 0 Å². The number of nitrogens with one attached hydrogen (secondary N) is 2. The molecule has 1 aromatic rings. The van der Waals surface area contributed by atoms with Crippen LogP contribution in [0.1, 0.15) is 70.8 Å². The van der Waals surface area contributed by atoms with Gasteiger partial charge < -0.3 is 24.8 Å². The second-order valence-corrected chi connectivity index (χ2v) is 11.9. The van der Waals surface area contributed by atoms with Crippen molar-refractivity contribution in [2.45, 2.75) is 84.1 Å². The van der Waals surface area contributed by atoms with Crippen LogP contribution in [0.25, 0.3) is 0 Å². The summed E-state index contributed by atoms with van der Waals surface area (Å²) in [6.07, 6.45) is 4.12. The van der Waals surface area contributed by atoms with Crippen molar-refractivity contribution in [3.8, 4) is 0 Å². The standard InChI is InChI=1S/C26H37BN4O5/c1-15(2)10-22(27-34-21-12-16-11-20(25(16,3)4)26(21,5)36-27)30-24(33)19-13-17(31-35-19)14-29-23(32)18-8-6-7-9-28-18/h6-9,15-16,19-22H,10-14H2,1-5H3,(H,29,32)(H,30,33)/t16-,19?,20-,21+,22-,26-/m0/s1. The zero-order chi connectivity index (χ0) is 25.7. The van der Waals surface area contributed by atoms with Gasteiger partial charge in [0.05, 0.1) is 29.9 Å². The van der Waals surface area contributed by atoms with Gasteiger partial charge in [-0.05, 0) is 61.5 Å². The molecule has 2 N–H and O–H groups in total. The highest BCUT2D eigenvalue weighted by Crippen LogP contribution is 2.65. The second-order valence-electron chi connectivity index (χ2n) is 11.9. The highest BCUT2D eigenvalue weighted by atomic mass is 16.7. The monoisotopic (exact) mass is 496 g/mol. The first-order valence-corrected chi connectivity index (χ1v) is 13.1. The summed E-state index contributed by atoms with van der Waals surface area (Å²) >= 11 is 0. The van der Waals surface area contributed by atoms with Gasteiger partial charge in [0.15, 0.2) is 0 Å². The molecule has 6 rings (SSSR count). The van der Waals surface area contributed by atoms with Crippen molar-refractivity contribution in [3.05, 3.63) is 30.1 Å². The second kappa shape index (κ2) is 9.45. The van der Waals surface area contributed by atoms with Crippen LogP contribution in [-0.4, -0.2) is 59.9 Å². The number of aromatic nitrogens is 1. The molecule has 3 heterocycles. The highest BCUT2D eigenvalue weighted by molar-refractivity contribution is 6.48. The normalized spacial score (nSPS) is 32.7. The Morgan fingerprint density at radius 1 is 1.22 bits per heavy atom. The van der Waals surface area contributed by atoms with Gasteiger partial charge in [0.2, 0.25) is 6.10 Å². The molecule has 1 aromatic heterocycles. The van der Waals surface area contributed by atoms with Gasteiger partial charge in [-0.15, -0.1) is 0 Å². The Balaban J connectivity index is 1.16. The first-order chi connectivity index (χ1) is 17.1. The summed E-state index contributed by atoms with van der Waals surface area (Å²) in [7, 11) is -0.485. The van der Waals surface area contributed by atoms with Gasteiger partial charge in [0, 0.05) is 12.6 Å². The van der Waals surface area contributed by atoms with E-state index in [1.807, 2.05) is 0 Å². The van der Waals surface area contributed by atoms with Gasteiger partial charge in [-0.3, -0.25) is 14.6 Å². The number of rotatable bonds is 8. The van der Waals surface area contributed by atoms with Crippen LogP contribution in [0.5, 0.6) is 0 Å². The maximum Gasteiger partial charge on any atom is 0.481 e. The molecule has 9 nitrogen and oxygen atoms in total. The smallest absolute Gasteiger partial charge is 0.404 e. The molecule has 0 spiro atoms. The summed E-state index contributed by atoms with van der Waals surface area (Å²) in [5.41, 5.74) is 0.871. The molecule has 36 heavy (non-hydrogen) atoms. The van der Waals surface area contributed by atoms with Gasteiger partial charge >= 0.3 is 7.12 Å². The van der Waals surface area contributed by atoms with Crippen molar-refractivity contribution in [2.24, 2.45) is 28.3 Å². The Bertz CT molecular complexity index is 1030. The largest absolute Gasteiger partial charge is 0.481 e. The summed E-state index contributed by atoms with van der Waals surface area (Å²) < 4.78 is 13.1. The fraction of sp³-hybridized carbons (Fsp3) is 0.692. The van der Waals surface area contributed by atoms with Gasteiger partial charge in [0.1, 0.15) is 5.69 Å². The van der Waals surface area contributed by atoms with E-state index in [9.17, 15) is 9.59 Å². The lowest BCUT2D eigenvalue weighted by molar-refractivity contribution is -0.199. The number of carbonyl (C=O) groups excluding carboxylic acids is 2. The molecule has 4 fully saturated rings. The molecular weight excluding hydrogens is 459 g/mol. The van der Waals surface area contributed by atoms with Crippen LogP contribution in [0.3, 0.4) is 0 Å². The van der Waals surface area contributed by atoms with E-state index >= 15 is 0 Å². The number of oxime groups is 1. The number of pyridine rings is 1. The molecule has 3 aliphatic carbocycles. The van der Waals surface area contributed by atoms with E-state index in [4.69, 9.17) is 14.1 Å². The van der Waals surface area contributed by atoms with Crippen LogP contribution in [0.15, 0.2) is 29.6 Å². The van der Waals surface area contributed by atoms with Crippen LogP contribution < -0.4 is 10.6 Å². The van der Waals surface area contributed by atoms with E-state index < -0.39 is 13.2 Å². The third kappa shape index (κ3) is 4.54. The number of nitrogens with zero attached hydrogens (tertiary/aromatic N) is 2. The third-order valence-electron chi connectivity index (χ3n) is 8.72. The molecule has 1 saturated heterocycles. The topological polar surface area (TPSA) is 111 Å². The van der Waals surface area contributed by atoms with Crippen molar-refractivity contribution >= 4 is 24.6 Å². The van der Waals surface area contributed by atoms with Gasteiger partial charge in [-0.1, -0.05) is 38.9 Å². The molecule has 10 heteroatoms. The summed E-state index contributed by atoms with van der Waals surface area (Å²) in [5.74, 6) is 0.659. The fourth-order valence-corrected chi connectivity index (χ4v) is 6.53. The number of hydrogen-bond acceptors (Lipinski definition) is 7. The number of amides is 2. The molecule has 3 saturated carbocycles. The SMILES string of the molecule is CC(C)C[C@H](NC(=O)C1CC(CNC(=O)c2ccccn2)=NO1)B1O[C@@H]2C[C@@H]3C[C@@H](C3(C)C)[C@]2(C)O1. The van der Waals surface area contributed by atoms with Crippen molar-refractivity contribution < 1.29 is 23.7 Å². The first-order valence-electron chi connectivity index (χ1n) is 13.1. The molecule has 5 aliphatic rings. The molecule has 2 bridgehead atoms. The van der Waals surface area contributed by atoms with E-state index in [0.717, 1.165) is 12.8 Å². The zero-order valence-electron chi connectivity index (χ0n) is 21.8. The first kappa shape index (κ1) is 25.2.